The first-order valence-corrected chi connectivity index (χ1v) is 19.2. The van der Waals surface area contributed by atoms with E-state index in [1.807, 2.05) is 13.8 Å². The molecular formula is C35H47N3O9S2. The number of rotatable bonds is 10. The standard InChI is InChI=1S/C35H47N3O9S2/c1-25-22-38(26(2)24-39)35(40)32-21-28(36-48(41,42)30-17-15-29(45-5)16-18-30)14-19-33(32)47-27(3)11-9-10-20-46-34(25)23-37(4)49(43,44)31-12-7-6-8-13-31/h6-8,12-19,21,25-27,34,36,39H,9-11,20,22-24H2,1-5H3/t25-,26-,27-,34+/m0/s1. The van der Waals surface area contributed by atoms with E-state index in [4.69, 9.17) is 14.2 Å². The lowest BCUT2D eigenvalue weighted by Gasteiger charge is -2.35. The van der Waals surface area contributed by atoms with Crippen LogP contribution in [0.3, 0.4) is 0 Å². The lowest BCUT2D eigenvalue weighted by atomic mass is 10.0. The molecule has 2 N–H and O–H groups in total. The van der Waals surface area contributed by atoms with Gasteiger partial charge in [0.1, 0.15) is 11.5 Å². The molecular weight excluding hydrogens is 671 g/mol. The second-order valence-electron chi connectivity index (χ2n) is 12.4. The van der Waals surface area contributed by atoms with E-state index in [1.165, 1.54) is 53.7 Å². The van der Waals surface area contributed by atoms with Crippen molar-refractivity contribution in [3.63, 3.8) is 0 Å². The summed E-state index contributed by atoms with van der Waals surface area (Å²) in [4.78, 5) is 16.1. The summed E-state index contributed by atoms with van der Waals surface area (Å²) in [5.41, 5.74) is 0.270. The Balaban J connectivity index is 1.67. The molecule has 0 aliphatic carbocycles. The Morgan fingerprint density at radius 2 is 1.69 bits per heavy atom. The van der Waals surface area contributed by atoms with Crippen molar-refractivity contribution in [2.24, 2.45) is 5.92 Å². The molecule has 3 aromatic rings. The average Bonchev–Trinajstić information content (AvgIpc) is 3.09. The molecule has 4 atom stereocenters. The van der Waals surface area contributed by atoms with E-state index in [0.717, 1.165) is 6.42 Å². The number of nitrogens with zero attached hydrogens (tertiary/aromatic N) is 2. The highest BCUT2D eigenvalue weighted by Gasteiger charge is 2.32. The topological polar surface area (TPSA) is 152 Å². The number of carbonyl (C=O) groups excluding carboxylic acids is 1. The minimum atomic E-state index is -4.02. The van der Waals surface area contributed by atoms with E-state index >= 15 is 0 Å². The van der Waals surface area contributed by atoms with Crippen molar-refractivity contribution in [2.45, 2.75) is 68.1 Å². The lowest BCUT2D eigenvalue weighted by Crippen LogP contribution is -2.48. The zero-order valence-corrected chi connectivity index (χ0v) is 30.2. The van der Waals surface area contributed by atoms with Crippen LogP contribution >= 0.6 is 0 Å². The summed E-state index contributed by atoms with van der Waals surface area (Å²) in [6.07, 6.45) is 1.26. The summed E-state index contributed by atoms with van der Waals surface area (Å²) in [7, 11) is -4.83. The molecule has 14 heteroatoms. The van der Waals surface area contributed by atoms with Crippen molar-refractivity contribution in [3.05, 3.63) is 78.4 Å². The molecule has 12 nitrogen and oxygen atoms in total. The molecule has 0 spiro atoms. The van der Waals surface area contributed by atoms with Crippen LogP contribution < -0.4 is 14.2 Å². The first-order chi connectivity index (χ1) is 23.3. The number of likely N-dealkylation sites (N-methyl/N-ethyl adjacent to an activating group) is 1. The van der Waals surface area contributed by atoms with E-state index in [0.29, 0.717) is 25.2 Å². The number of anilines is 1. The van der Waals surface area contributed by atoms with Crippen molar-refractivity contribution in [1.82, 2.24) is 9.21 Å². The molecule has 3 aromatic carbocycles. The molecule has 1 aliphatic heterocycles. The van der Waals surface area contributed by atoms with Gasteiger partial charge >= 0.3 is 0 Å². The summed E-state index contributed by atoms with van der Waals surface area (Å²) >= 11 is 0. The Morgan fingerprint density at radius 1 is 1.00 bits per heavy atom. The Bertz CT molecular complexity index is 1750. The highest BCUT2D eigenvalue weighted by atomic mass is 32.2. The van der Waals surface area contributed by atoms with Gasteiger partial charge in [-0.2, -0.15) is 4.31 Å². The SMILES string of the molecule is COc1ccc(S(=O)(=O)Nc2ccc3c(c2)C(=O)N([C@@H](C)CO)C[C@H](C)[C@@H](CN(C)S(=O)(=O)c2ccccc2)OCCCC[C@H](C)O3)cc1. The lowest BCUT2D eigenvalue weighted by molar-refractivity contribution is -0.00833. The quantitative estimate of drug-likeness (QED) is 0.306. The third-order valence-electron chi connectivity index (χ3n) is 8.56. The summed E-state index contributed by atoms with van der Waals surface area (Å²) in [5.74, 6) is -0.0608. The van der Waals surface area contributed by atoms with Crippen molar-refractivity contribution >= 4 is 31.6 Å². The highest BCUT2D eigenvalue weighted by Crippen LogP contribution is 2.30. The monoisotopic (exact) mass is 717 g/mol. The number of aliphatic hydroxyl groups excluding tert-OH is 1. The molecule has 0 fully saturated rings. The normalized spacial score (nSPS) is 20.5. The van der Waals surface area contributed by atoms with Gasteiger partial charge in [0.15, 0.2) is 0 Å². The van der Waals surface area contributed by atoms with E-state index in [-0.39, 0.29) is 58.5 Å². The zero-order valence-electron chi connectivity index (χ0n) is 28.6. The molecule has 1 heterocycles. The van der Waals surface area contributed by atoms with Gasteiger partial charge in [-0.1, -0.05) is 25.1 Å². The van der Waals surface area contributed by atoms with Crippen LogP contribution in [0.2, 0.25) is 0 Å². The van der Waals surface area contributed by atoms with Crippen molar-refractivity contribution < 1.29 is 40.9 Å². The van der Waals surface area contributed by atoms with Crippen LogP contribution in [0.5, 0.6) is 11.5 Å². The van der Waals surface area contributed by atoms with E-state index < -0.39 is 38.1 Å². The molecule has 4 rings (SSSR count). The first-order valence-electron chi connectivity index (χ1n) is 16.3. The van der Waals surface area contributed by atoms with Crippen LogP contribution in [0.25, 0.3) is 0 Å². The fraction of sp³-hybridized carbons (Fsp3) is 0.457. The Labute approximate surface area is 290 Å². The number of benzene rings is 3. The number of hydrogen-bond donors (Lipinski definition) is 2. The van der Waals surface area contributed by atoms with Crippen LogP contribution in [0.4, 0.5) is 5.69 Å². The number of fused-ring (bicyclic) bond motifs is 1. The minimum absolute atomic E-state index is 0.0132. The summed E-state index contributed by atoms with van der Waals surface area (Å²) in [6, 6.07) is 18.0. The second-order valence-corrected chi connectivity index (χ2v) is 16.1. The van der Waals surface area contributed by atoms with Crippen LogP contribution in [-0.4, -0.2) is 95.8 Å². The number of nitrogens with one attached hydrogen (secondary N) is 1. The molecule has 0 saturated heterocycles. The zero-order chi connectivity index (χ0) is 35.8. The molecule has 0 unspecified atom stereocenters. The van der Waals surface area contributed by atoms with E-state index in [2.05, 4.69) is 4.72 Å². The van der Waals surface area contributed by atoms with Gasteiger partial charge in [0, 0.05) is 38.3 Å². The van der Waals surface area contributed by atoms with Gasteiger partial charge in [-0.3, -0.25) is 9.52 Å². The Morgan fingerprint density at radius 3 is 2.35 bits per heavy atom. The van der Waals surface area contributed by atoms with E-state index in [9.17, 15) is 26.7 Å². The molecule has 0 bridgehead atoms. The Hall–Kier alpha value is -3.69. The van der Waals surface area contributed by atoms with Gasteiger partial charge in [-0.15, -0.1) is 0 Å². The van der Waals surface area contributed by atoms with Gasteiger partial charge in [0.05, 0.1) is 47.3 Å². The molecule has 1 aliphatic rings. The number of sulfonamides is 2. The predicted octanol–water partition coefficient (Wildman–Crippen LogP) is 4.61. The molecule has 0 radical (unpaired) electrons. The van der Waals surface area contributed by atoms with Gasteiger partial charge < -0.3 is 24.2 Å². The maximum absolute atomic E-state index is 14.4. The van der Waals surface area contributed by atoms with Crippen LogP contribution in [0.1, 0.15) is 50.4 Å². The highest BCUT2D eigenvalue weighted by molar-refractivity contribution is 7.92. The molecule has 268 valence electrons. The summed E-state index contributed by atoms with van der Waals surface area (Å²) in [5, 5.41) is 10.2. The minimum Gasteiger partial charge on any atom is -0.497 e. The largest absolute Gasteiger partial charge is 0.497 e. The summed E-state index contributed by atoms with van der Waals surface area (Å²) < 4.78 is 74.7. The molecule has 1 amide bonds. The Kier molecular flexibility index (Phi) is 13.1. The average molecular weight is 718 g/mol. The number of amides is 1. The predicted molar refractivity (Wildman–Crippen MR) is 187 cm³/mol. The summed E-state index contributed by atoms with van der Waals surface area (Å²) in [6.45, 7) is 5.67. The van der Waals surface area contributed by atoms with Gasteiger partial charge in [-0.25, -0.2) is 16.8 Å². The van der Waals surface area contributed by atoms with Crippen LogP contribution in [0.15, 0.2) is 82.6 Å². The number of hydrogen-bond acceptors (Lipinski definition) is 9. The van der Waals surface area contributed by atoms with Gasteiger partial charge in [0.2, 0.25) is 10.0 Å². The fourth-order valence-corrected chi connectivity index (χ4v) is 7.80. The number of aliphatic hydroxyl groups is 1. The third-order valence-corrected chi connectivity index (χ3v) is 11.8. The second kappa shape index (κ2) is 16.8. The van der Waals surface area contributed by atoms with Crippen LogP contribution in [-0.2, 0) is 24.8 Å². The number of carbonyl (C=O) groups is 1. The van der Waals surface area contributed by atoms with Gasteiger partial charge in [0.25, 0.3) is 15.9 Å². The van der Waals surface area contributed by atoms with Crippen molar-refractivity contribution in [1.29, 1.82) is 0 Å². The van der Waals surface area contributed by atoms with Crippen molar-refractivity contribution in [3.8, 4) is 11.5 Å². The van der Waals surface area contributed by atoms with Gasteiger partial charge in [-0.05, 0) is 87.7 Å². The first kappa shape index (κ1) is 38.1. The maximum atomic E-state index is 14.4. The van der Waals surface area contributed by atoms with Crippen LogP contribution in [0, 0.1) is 5.92 Å². The fourth-order valence-electron chi connectivity index (χ4n) is 5.54. The molecule has 0 saturated carbocycles. The third kappa shape index (κ3) is 9.73. The number of ether oxygens (including phenoxy) is 3. The smallest absolute Gasteiger partial charge is 0.261 e. The number of methoxy groups -OCH3 is 1. The maximum Gasteiger partial charge on any atom is 0.261 e. The molecule has 0 aromatic heterocycles. The molecule has 49 heavy (non-hydrogen) atoms. The van der Waals surface area contributed by atoms with E-state index in [1.54, 1.807) is 49.4 Å². The van der Waals surface area contributed by atoms with Crippen molar-refractivity contribution in [2.75, 3.05) is 45.2 Å².